The molecule has 148 valence electrons. The number of hydrogen-bond donors (Lipinski definition) is 0. The van der Waals surface area contributed by atoms with E-state index in [4.69, 9.17) is 16.6 Å². The summed E-state index contributed by atoms with van der Waals surface area (Å²) in [5.41, 5.74) is 1.61. The van der Waals surface area contributed by atoms with Crippen LogP contribution < -0.4 is 4.90 Å². The highest BCUT2D eigenvalue weighted by Crippen LogP contribution is 2.36. The summed E-state index contributed by atoms with van der Waals surface area (Å²) in [5.74, 6) is 0.117. The zero-order valence-electron chi connectivity index (χ0n) is 15.8. The van der Waals surface area contributed by atoms with Crippen LogP contribution in [0.15, 0.2) is 48.5 Å². The van der Waals surface area contributed by atoms with Gasteiger partial charge in [-0.1, -0.05) is 29.8 Å². The Morgan fingerprint density at radius 1 is 1.03 bits per heavy atom. The molecule has 0 N–H and O–H groups in total. The molecule has 0 unspecified atom stereocenters. The fraction of sp³-hybridized carbons (Fsp3) is 0.318. The average Bonchev–Trinajstić information content (AvgIpc) is 3.29. The largest absolute Gasteiger partial charge is 0.291 e. The number of piperidine rings is 1. The van der Waals surface area contributed by atoms with Gasteiger partial charge in [0.05, 0.1) is 33.4 Å². The van der Waals surface area contributed by atoms with Crippen LogP contribution >= 0.6 is 22.9 Å². The van der Waals surface area contributed by atoms with Gasteiger partial charge in [0.25, 0.3) is 5.91 Å². The standard InChI is InChI=1S/C22H20ClN3O2S/c23-15-4-3-5-16(12-15)26-20(27)13-18(22(26)28)25-10-8-14(9-11-25)21-24-17-6-1-2-7-19(17)29-21/h1-7,12,14,18H,8-11,13H2/t18-/m1/s1. The Bertz CT molecular complexity index is 1060. The van der Waals surface area contributed by atoms with E-state index in [-0.39, 0.29) is 24.3 Å². The van der Waals surface area contributed by atoms with E-state index < -0.39 is 0 Å². The van der Waals surface area contributed by atoms with Gasteiger partial charge in [-0.25, -0.2) is 9.88 Å². The van der Waals surface area contributed by atoms with Gasteiger partial charge < -0.3 is 0 Å². The van der Waals surface area contributed by atoms with Gasteiger partial charge >= 0.3 is 0 Å². The van der Waals surface area contributed by atoms with Crippen molar-refractivity contribution >= 4 is 50.7 Å². The summed E-state index contributed by atoms with van der Waals surface area (Å²) in [4.78, 5) is 33.8. The van der Waals surface area contributed by atoms with Crippen LogP contribution in [0.5, 0.6) is 0 Å². The maximum absolute atomic E-state index is 13.0. The second kappa shape index (κ2) is 7.52. The summed E-state index contributed by atoms with van der Waals surface area (Å²) < 4.78 is 1.22. The van der Waals surface area contributed by atoms with Crippen LogP contribution in [-0.2, 0) is 9.59 Å². The van der Waals surface area contributed by atoms with Gasteiger partial charge in [-0.3, -0.25) is 14.5 Å². The zero-order valence-corrected chi connectivity index (χ0v) is 17.3. The minimum absolute atomic E-state index is 0.143. The van der Waals surface area contributed by atoms with E-state index in [2.05, 4.69) is 17.0 Å². The number of benzene rings is 2. The highest BCUT2D eigenvalue weighted by Gasteiger charge is 2.43. The third-order valence-electron chi connectivity index (χ3n) is 5.82. The predicted molar refractivity (Wildman–Crippen MR) is 116 cm³/mol. The summed E-state index contributed by atoms with van der Waals surface area (Å²) in [6.45, 7) is 1.60. The minimum Gasteiger partial charge on any atom is -0.291 e. The molecule has 0 radical (unpaired) electrons. The quantitative estimate of drug-likeness (QED) is 0.581. The molecule has 2 saturated heterocycles. The lowest BCUT2D eigenvalue weighted by molar-refractivity contribution is -0.123. The lowest BCUT2D eigenvalue weighted by Crippen LogP contribution is -2.45. The van der Waals surface area contributed by atoms with Crippen molar-refractivity contribution in [2.24, 2.45) is 0 Å². The Morgan fingerprint density at radius 2 is 1.83 bits per heavy atom. The van der Waals surface area contributed by atoms with Crippen molar-refractivity contribution in [2.75, 3.05) is 18.0 Å². The second-order valence-corrected chi connectivity index (χ2v) is 9.10. The smallest absolute Gasteiger partial charge is 0.251 e. The lowest BCUT2D eigenvalue weighted by atomic mass is 9.96. The summed E-state index contributed by atoms with van der Waals surface area (Å²) in [5, 5.41) is 1.70. The first-order chi connectivity index (χ1) is 14.1. The number of hydrogen-bond acceptors (Lipinski definition) is 5. The normalized spacial score (nSPS) is 21.4. The molecule has 0 spiro atoms. The Morgan fingerprint density at radius 3 is 2.59 bits per heavy atom. The van der Waals surface area contributed by atoms with Gasteiger partial charge in [0.15, 0.2) is 0 Å². The lowest BCUT2D eigenvalue weighted by Gasteiger charge is -2.34. The summed E-state index contributed by atoms with van der Waals surface area (Å²) in [6, 6.07) is 14.8. The Labute approximate surface area is 177 Å². The Hall–Kier alpha value is -2.28. The molecule has 2 fully saturated rings. The Balaban J connectivity index is 1.28. The molecule has 1 aromatic heterocycles. The van der Waals surface area contributed by atoms with Crippen LogP contribution in [0.3, 0.4) is 0 Å². The number of likely N-dealkylation sites (tertiary alicyclic amines) is 1. The van der Waals surface area contributed by atoms with Gasteiger partial charge in [-0.2, -0.15) is 0 Å². The topological polar surface area (TPSA) is 53.5 Å². The number of aromatic nitrogens is 1. The van der Waals surface area contributed by atoms with Crippen LogP contribution in [0.4, 0.5) is 5.69 Å². The van der Waals surface area contributed by atoms with Crippen LogP contribution in [-0.4, -0.2) is 40.8 Å². The fourth-order valence-corrected chi connectivity index (χ4v) is 5.63. The fourth-order valence-electron chi connectivity index (χ4n) is 4.31. The molecule has 3 heterocycles. The number of imide groups is 1. The molecule has 7 heteroatoms. The molecule has 0 aliphatic carbocycles. The third-order valence-corrected chi connectivity index (χ3v) is 7.25. The number of para-hydroxylation sites is 1. The van der Waals surface area contributed by atoms with E-state index >= 15 is 0 Å². The van der Waals surface area contributed by atoms with Crippen LogP contribution in [0.2, 0.25) is 5.02 Å². The van der Waals surface area contributed by atoms with E-state index in [1.807, 2.05) is 12.1 Å². The molecule has 0 saturated carbocycles. The predicted octanol–water partition coefficient (Wildman–Crippen LogP) is 4.46. The van der Waals surface area contributed by atoms with E-state index in [9.17, 15) is 9.59 Å². The number of thiazole rings is 1. The van der Waals surface area contributed by atoms with Gasteiger partial charge in [-0.05, 0) is 56.3 Å². The van der Waals surface area contributed by atoms with Crippen molar-refractivity contribution < 1.29 is 9.59 Å². The summed E-state index contributed by atoms with van der Waals surface area (Å²) in [7, 11) is 0. The number of fused-ring (bicyclic) bond motifs is 1. The SMILES string of the molecule is O=C1C[C@@H](N2CCC(c3nc4ccccc4s3)CC2)C(=O)N1c1cccc(Cl)c1. The van der Waals surface area contributed by atoms with Crippen molar-refractivity contribution in [1.82, 2.24) is 9.88 Å². The van der Waals surface area contributed by atoms with Crippen LogP contribution in [0, 0.1) is 0 Å². The van der Waals surface area contributed by atoms with E-state index in [1.54, 1.807) is 35.6 Å². The molecule has 2 aromatic carbocycles. The summed E-state index contributed by atoms with van der Waals surface area (Å²) >= 11 is 7.81. The first kappa shape index (κ1) is 18.7. The van der Waals surface area contributed by atoms with Crippen molar-refractivity contribution in [3.05, 3.63) is 58.6 Å². The zero-order chi connectivity index (χ0) is 20.0. The maximum Gasteiger partial charge on any atom is 0.251 e. The Kier molecular flexibility index (Phi) is 4.86. The van der Waals surface area contributed by atoms with Gasteiger partial charge in [0, 0.05) is 10.9 Å². The second-order valence-electron chi connectivity index (χ2n) is 7.60. The molecule has 0 bridgehead atoms. The minimum atomic E-state index is -0.377. The molecule has 1 atom stereocenters. The average molecular weight is 426 g/mol. The van der Waals surface area contributed by atoms with Crippen LogP contribution in [0.25, 0.3) is 10.2 Å². The van der Waals surface area contributed by atoms with Crippen molar-refractivity contribution in [3.8, 4) is 0 Å². The molecular formula is C22H20ClN3O2S. The molecule has 5 nitrogen and oxygen atoms in total. The van der Waals surface area contributed by atoms with Crippen molar-refractivity contribution in [1.29, 1.82) is 0 Å². The van der Waals surface area contributed by atoms with E-state index in [1.165, 1.54) is 14.6 Å². The highest BCUT2D eigenvalue weighted by atomic mass is 35.5. The molecule has 3 aromatic rings. The number of carbonyl (C=O) groups excluding carboxylic acids is 2. The number of halogens is 1. The maximum atomic E-state index is 13.0. The van der Waals surface area contributed by atoms with Gasteiger partial charge in [0.1, 0.15) is 0 Å². The van der Waals surface area contributed by atoms with E-state index in [0.29, 0.717) is 16.6 Å². The number of nitrogens with zero attached hydrogens (tertiary/aromatic N) is 3. The molecule has 2 amide bonds. The molecule has 5 rings (SSSR count). The molecule has 2 aliphatic rings. The third kappa shape index (κ3) is 3.45. The number of carbonyl (C=O) groups is 2. The number of anilines is 1. The summed E-state index contributed by atoms with van der Waals surface area (Å²) in [6.07, 6.45) is 2.14. The van der Waals surface area contributed by atoms with Crippen molar-refractivity contribution in [2.45, 2.75) is 31.2 Å². The first-order valence-corrected chi connectivity index (χ1v) is 11.0. The van der Waals surface area contributed by atoms with E-state index in [0.717, 1.165) is 31.4 Å². The highest BCUT2D eigenvalue weighted by molar-refractivity contribution is 7.18. The monoisotopic (exact) mass is 425 g/mol. The first-order valence-electron chi connectivity index (χ1n) is 9.82. The van der Waals surface area contributed by atoms with Crippen LogP contribution in [0.1, 0.15) is 30.2 Å². The van der Waals surface area contributed by atoms with Gasteiger partial charge in [0.2, 0.25) is 5.91 Å². The van der Waals surface area contributed by atoms with Gasteiger partial charge in [-0.15, -0.1) is 11.3 Å². The molecular weight excluding hydrogens is 406 g/mol. The number of rotatable bonds is 3. The molecule has 29 heavy (non-hydrogen) atoms. The number of amides is 2. The molecule has 2 aliphatic heterocycles. The van der Waals surface area contributed by atoms with Crippen molar-refractivity contribution in [3.63, 3.8) is 0 Å².